The van der Waals surface area contributed by atoms with Gasteiger partial charge in [0.05, 0.1) is 12.5 Å². The summed E-state index contributed by atoms with van der Waals surface area (Å²) < 4.78 is 0. The van der Waals surface area contributed by atoms with Gasteiger partial charge in [0.15, 0.2) is 5.96 Å². The van der Waals surface area contributed by atoms with E-state index < -0.39 is 66.1 Å². The molecule has 0 heterocycles. The van der Waals surface area contributed by atoms with Crippen LogP contribution in [0.25, 0.3) is 0 Å². The van der Waals surface area contributed by atoms with Crippen LogP contribution in [0.2, 0.25) is 0 Å². The van der Waals surface area contributed by atoms with Gasteiger partial charge in [0, 0.05) is 6.54 Å². The highest BCUT2D eigenvalue weighted by Gasteiger charge is 2.33. The molecule has 200 valence electrons. The second-order valence-corrected chi connectivity index (χ2v) is 8.72. The van der Waals surface area contributed by atoms with Crippen LogP contribution in [-0.2, 0) is 24.0 Å². The molecule has 0 fully saturated rings. The van der Waals surface area contributed by atoms with Crippen LogP contribution in [0.3, 0.4) is 0 Å². The largest absolute Gasteiger partial charge is 0.480 e. The van der Waals surface area contributed by atoms with Crippen LogP contribution in [0, 0.1) is 11.8 Å². The molecule has 12 N–H and O–H groups in total. The molecule has 4 amide bonds. The van der Waals surface area contributed by atoms with Crippen LogP contribution < -0.4 is 38.9 Å². The Labute approximate surface area is 205 Å². The minimum absolute atomic E-state index is 0.0461. The van der Waals surface area contributed by atoms with Crippen LogP contribution in [-0.4, -0.2) is 71.4 Å². The van der Waals surface area contributed by atoms with Gasteiger partial charge in [-0.1, -0.05) is 34.1 Å². The number of carboxylic acid groups (broad SMARTS) is 1. The topological polar surface area (TPSA) is 258 Å². The van der Waals surface area contributed by atoms with Crippen LogP contribution in [0.4, 0.5) is 0 Å². The van der Waals surface area contributed by atoms with E-state index in [2.05, 4.69) is 20.9 Å². The summed E-state index contributed by atoms with van der Waals surface area (Å²) in [6.45, 7) is 7.07. The van der Waals surface area contributed by atoms with Crippen LogP contribution in [0.15, 0.2) is 4.99 Å². The lowest BCUT2D eigenvalue weighted by atomic mass is 9.98. The van der Waals surface area contributed by atoms with Crippen molar-refractivity contribution in [1.82, 2.24) is 16.0 Å². The zero-order chi connectivity index (χ0) is 27.3. The fourth-order valence-electron chi connectivity index (χ4n) is 3.00. The average Bonchev–Trinajstić information content (AvgIpc) is 2.76. The third kappa shape index (κ3) is 12.0. The Morgan fingerprint density at radius 1 is 0.886 bits per heavy atom. The number of nitrogens with two attached hydrogens (primary N) is 4. The molecule has 0 saturated heterocycles. The van der Waals surface area contributed by atoms with E-state index in [1.54, 1.807) is 20.8 Å². The Bertz CT molecular complexity index is 784. The molecular weight excluding hydrogens is 460 g/mol. The lowest BCUT2D eigenvalue weighted by Gasteiger charge is -2.27. The SMILES string of the molecule is CCC(C)C(N)C(=O)NC(CC(N)=O)C(=O)NC(C(=O)NC(CCCN=C(N)N)C(=O)O)C(C)C. The summed E-state index contributed by atoms with van der Waals surface area (Å²) in [4.78, 5) is 65.0. The van der Waals surface area contributed by atoms with Gasteiger partial charge in [-0.05, 0) is 24.7 Å². The summed E-state index contributed by atoms with van der Waals surface area (Å²) in [6.07, 6.45) is 0.439. The van der Waals surface area contributed by atoms with Gasteiger partial charge in [-0.25, -0.2) is 4.79 Å². The van der Waals surface area contributed by atoms with Crippen LogP contribution in [0.5, 0.6) is 0 Å². The summed E-state index contributed by atoms with van der Waals surface area (Å²) in [5.41, 5.74) is 21.6. The Hall–Kier alpha value is -3.42. The van der Waals surface area contributed by atoms with E-state index in [1.807, 2.05) is 6.92 Å². The van der Waals surface area contributed by atoms with Crippen LogP contribution in [0.1, 0.15) is 53.4 Å². The third-order valence-corrected chi connectivity index (χ3v) is 5.40. The summed E-state index contributed by atoms with van der Waals surface area (Å²) in [5.74, 6) is -5.10. The van der Waals surface area contributed by atoms with E-state index in [4.69, 9.17) is 22.9 Å². The first-order chi connectivity index (χ1) is 16.2. The van der Waals surface area contributed by atoms with Gasteiger partial charge < -0.3 is 44.0 Å². The van der Waals surface area contributed by atoms with Gasteiger partial charge in [-0.15, -0.1) is 0 Å². The number of carbonyl (C=O) groups excluding carboxylic acids is 4. The molecule has 14 heteroatoms. The highest BCUT2D eigenvalue weighted by molar-refractivity contribution is 5.96. The van der Waals surface area contributed by atoms with Crippen molar-refractivity contribution in [2.45, 2.75) is 77.5 Å². The first kappa shape index (κ1) is 31.6. The van der Waals surface area contributed by atoms with E-state index in [9.17, 15) is 29.1 Å². The van der Waals surface area contributed by atoms with Gasteiger partial charge in [-0.3, -0.25) is 24.2 Å². The molecule has 5 unspecified atom stereocenters. The second kappa shape index (κ2) is 15.5. The van der Waals surface area contributed by atoms with E-state index in [1.165, 1.54) is 0 Å². The highest BCUT2D eigenvalue weighted by Crippen LogP contribution is 2.08. The summed E-state index contributed by atoms with van der Waals surface area (Å²) in [7, 11) is 0. The predicted molar refractivity (Wildman–Crippen MR) is 129 cm³/mol. The third-order valence-electron chi connectivity index (χ3n) is 5.40. The zero-order valence-corrected chi connectivity index (χ0v) is 20.7. The van der Waals surface area contributed by atoms with Crippen molar-refractivity contribution in [1.29, 1.82) is 0 Å². The molecule has 0 aromatic heterocycles. The average molecular weight is 501 g/mol. The number of primary amides is 1. The van der Waals surface area contributed by atoms with Crippen molar-refractivity contribution in [3.63, 3.8) is 0 Å². The standard InChI is InChI=1S/C21H40N8O6/c1-5-11(4)15(23)18(32)28-13(9-14(22)30)17(31)29-16(10(2)3)19(33)27-12(20(34)35)7-6-8-26-21(24)25/h10-13,15-16H,5-9,23H2,1-4H3,(H2,22,30)(H,27,33)(H,28,32)(H,29,31)(H,34,35)(H4,24,25,26). The Kier molecular flexibility index (Phi) is 14.0. The monoisotopic (exact) mass is 500 g/mol. The summed E-state index contributed by atoms with van der Waals surface area (Å²) in [6, 6.07) is -4.68. The molecule has 0 rings (SSSR count). The minimum atomic E-state index is -1.36. The van der Waals surface area contributed by atoms with E-state index >= 15 is 0 Å². The maximum atomic E-state index is 12.9. The number of rotatable bonds is 16. The van der Waals surface area contributed by atoms with Gasteiger partial charge in [0.1, 0.15) is 18.1 Å². The molecule has 0 aromatic rings. The lowest BCUT2D eigenvalue weighted by molar-refractivity contribution is -0.143. The Morgan fingerprint density at radius 2 is 1.46 bits per heavy atom. The summed E-state index contributed by atoms with van der Waals surface area (Å²) in [5, 5.41) is 16.7. The van der Waals surface area contributed by atoms with Gasteiger partial charge in [-0.2, -0.15) is 0 Å². The fraction of sp³-hybridized carbons (Fsp3) is 0.714. The Morgan fingerprint density at radius 3 is 1.91 bits per heavy atom. The first-order valence-electron chi connectivity index (χ1n) is 11.4. The smallest absolute Gasteiger partial charge is 0.326 e. The van der Waals surface area contributed by atoms with Gasteiger partial charge in [0.25, 0.3) is 0 Å². The van der Waals surface area contributed by atoms with E-state index in [0.29, 0.717) is 6.42 Å². The van der Waals surface area contributed by atoms with Crippen molar-refractivity contribution in [3.8, 4) is 0 Å². The molecule has 0 aromatic carbocycles. The molecule has 0 aliphatic rings. The summed E-state index contributed by atoms with van der Waals surface area (Å²) >= 11 is 0. The molecule has 0 aliphatic heterocycles. The molecule has 35 heavy (non-hydrogen) atoms. The van der Waals surface area contributed by atoms with Crippen molar-refractivity contribution in [2.24, 2.45) is 39.8 Å². The highest BCUT2D eigenvalue weighted by atomic mass is 16.4. The molecule has 5 atom stereocenters. The molecular formula is C21H40N8O6. The first-order valence-corrected chi connectivity index (χ1v) is 11.4. The number of hydrogen-bond acceptors (Lipinski definition) is 7. The number of hydrogen-bond donors (Lipinski definition) is 8. The van der Waals surface area contributed by atoms with E-state index in [-0.39, 0.29) is 31.3 Å². The minimum Gasteiger partial charge on any atom is -0.480 e. The maximum absolute atomic E-state index is 12.9. The number of amides is 4. The maximum Gasteiger partial charge on any atom is 0.326 e. The normalized spacial score (nSPS) is 15.1. The Balaban J connectivity index is 5.42. The van der Waals surface area contributed by atoms with E-state index in [0.717, 1.165) is 0 Å². The molecule has 0 spiro atoms. The quantitative estimate of drug-likeness (QED) is 0.0631. The number of nitrogens with zero attached hydrogens (tertiary/aromatic N) is 1. The molecule has 0 radical (unpaired) electrons. The van der Waals surface area contributed by atoms with Gasteiger partial charge >= 0.3 is 5.97 Å². The second-order valence-electron chi connectivity index (χ2n) is 8.72. The van der Waals surface area contributed by atoms with Crippen molar-refractivity contribution >= 4 is 35.6 Å². The predicted octanol–water partition coefficient (Wildman–Crippen LogP) is -2.52. The number of carbonyl (C=O) groups is 5. The fourth-order valence-corrected chi connectivity index (χ4v) is 3.00. The molecule has 0 saturated carbocycles. The number of aliphatic carboxylic acids is 1. The molecule has 0 bridgehead atoms. The number of guanidine groups is 1. The van der Waals surface area contributed by atoms with Crippen molar-refractivity contribution in [3.05, 3.63) is 0 Å². The number of aliphatic imine (C=N–C) groups is 1. The van der Waals surface area contributed by atoms with Gasteiger partial charge in [0.2, 0.25) is 23.6 Å². The van der Waals surface area contributed by atoms with Crippen molar-refractivity contribution in [2.75, 3.05) is 6.54 Å². The zero-order valence-electron chi connectivity index (χ0n) is 20.7. The number of carboxylic acids is 1. The lowest BCUT2D eigenvalue weighted by Crippen LogP contribution is -2.59. The molecule has 14 nitrogen and oxygen atoms in total. The van der Waals surface area contributed by atoms with Crippen molar-refractivity contribution < 1.29 is 29.1 Å². The van der Waals surface area contributed by atoms with Crippen LogP contribution >= 0.6 is 0 Å². The number of nitrogens with one attached hydrogen (secondary N) is 3. The molecule has 0 aliphatic carbocycles.